The molecule has 0 bridgehead atoms. The number of anilines is 2. The van der Waals surface area contributed by atoms with Gasteiger partial charge in [0.05, 0.1) is 13.7 Å². The highest BCUT2D eigenvalue weighted by atomic mass is 16.5. The molecule has 7 nitrogen and oxygen atoms in total. The van der Waals surface area contributed by atoms with Crippen LogP contribution in [0.3, 0.4) is 0 Å². The van der Waals surface area contributed by atoms with Gasteiger partial charge < -0.3 is 25.0 Å². The molecule has 1 heterocycles. The Kier molecular flexibility index (Phi) is 7.54. The van der Waals surface area contributed by atoms with E-state index in [4.69, 9.17) is 9.47 Å². The number of amides is 2. The largest absolute Gasteiger partial charge is 0.497 e. The maximum absolute atomic E-state index is 12.1. The normalized spacial score (nSPS) is 14.1. The Morgan fingerprint density at radius 3 is 2.23 bits per heavy atom. The van der Waals surface area contributed by atoms with E-state index < -0.39 is 0 Å². The lowest BCUT2D eigenvalue weighted by Crippen LogP contribution is -2.35. The zero-order chi connectivity index (χ0) is 21.3. The van der Waals surface area contributed by atoms with E-state index in [-0.39, 0.29) is 25.0 Å². The highest BCUT2D eigenvalue weighted by Gasteiger charge is 2.16. The van der Waals surface area contributed by atoms with Gasteiger partial charge in [0.25, 0.3) is 5.91 Å². The number of hydrogen-bond acceptors (Lipinski definition) is 5. The third-order valence-corrected chi connectivity index (χ3v) is 5.18. The Labute approximate surface area is 177 Å². The number of rotatable bonds is 8. The topological polar surface area (TPSA) is 79.9 Å². The fourth-order valence-electron chi connectivity index (χ4n) is 3.28. The first kappa shape index (κ1) is 21.5. The first-order chi connectivity index (χ1) is 14.5. The third-order valence-electron chi connectivity index (χ3n) is 5.18. The van der Waals surface area contributed by atoms with Crippen LogP contribution in [0.4, 0.5) is 11.4 Å². The van der Waals surface area contributed by atoms with Crippen LogP contribution in [-0.4, -0.2) is 45.2 Å². The summed E-state index contributed by atoms with van der Waals surface area (Å²) >= 11 is 0. The number of nitrogens with one attached hydrogen (secondary N) is 2. The number of benzene rings is 2. The van der Waals surface area contributed by atoms with Gasteiger partial charge in [0, 0.05) is 24.5 Å². The molecule has 1 fully saturated rings. The van der Waals surface area contributed by atoms with E-state index in [9.17, 15) is 9.59 Å². The van der Waals surface area contributed by atoms with Crippen molar-refractivity contribution in [1.29, 1.82) is 0 Å². The molecule has 0 radical (unpaired) electrons. The van der Waals surface area contributed by atoms with E-state index in [2.05, 4.69) is 22.5 Å². The van der Waals surface area contributed by atoms with Crippen LogP contribution in [0.5, 0.6) is 11.5 Å². The Morgan fingerprint density at radius 2 is 1.60 bits per heavy atom. The van der Waals surface area contributed by atoms with Crippen LogP contribution in [-0.2, 0) is 9.59 Å². The summed E-state index contributed by atoms with van der Waals surface area (Å²) in [6.07, 6.45) is 2.42. The van der Waals surface area contributed by atoms with Crippen LogP contribution in [0.2, 0.25) is 0 Å². The van der Waals surface area contributed by atoms with Gasteiger partial charge in [-0.15, -0.1) is 0 Å². The lowest BCUT2D eigenvalue weighted by atomic mass is 9.99. The zero-order valence-electron chi connectivity index (χ0n) is 17.5. The van der Waals surface area contributed by atoms with Gasteiger partial charge in [-0.25, -0.2) is 0 Å². The highest BCUT2D eigenvalue weighted by Crippen LogP contribution is 2.24. The molecular formula is C23H29N3O4. The molecule has 1 saturated heterocycles. The Bertz CT molecular complexity index is 829. The maximum atomic E-state index is 12.1. The molecule has 0 aliphatic carbocycles. The molecular weight excluding hydrogens is 382 g/mol. The van der Waals surface area contributed by atoms with Crippen molar-refractivity contribution in [3.05, 3.63) is 48.5 Å². The Balaban J connectivity index is 1.37. The van der Waals surface area contributed by atoms with Gasteiger partial charge in [-0.05, 0) is 67.3 Å². The van der Waals surface area contributed by atoms with Crippen LogP contribution < -0.4 is 25.0 Å². The molecule has 2 N–H and O–H groups in total. The van der Waals surface area contributed by atoms with E-state index in [0.29, 0.717) is 17.2 Å². The summed E-state index contributed by atoms with van der Waals surface area (Å²) in [7, 11) is 1.58. The molecule has 0 unspecified atom stereocenters. The first-order valence-corrected chi connectivity index (χ1v) is 10.2. The van der Waals surface area contributed by atoms with Crippen molar-refractivity contribution in [1.82, 2.24) is 5.32 Å². The SMILES string of the molecule is COc1ccc(OCC(=O)NCC(=O)Nc2ccc(N3CCC(C)CC3)cc2)cc1. The number of nitrogens with zero attached hydrogens (tertiary/aromatic N) is 1. The molecule has 1 aliphatic rings. The van der Waals surface area contributed by atoms with Gasteiger partial charge in [-0.1, -0.05) is 6.92 Å². The lowest BCUT2D eigenvalue weighted by molar-refractivity contribution is -0.125. The van der Waals surface area contributed by atoms with Crippen molar-refractivity contribution in [2.45, 2.75) is 19.8 Å². The fourth-order valence-corrected chi connectivity index (χ4v) is 3.28. The van der Waals surface area contributed by atoms with Gasteiger partial charge in [-0.3, -0.25) is 9.59 Å². The molecule has 7 heteroatoms. The van der Waals surface area contributed by atoms with Gasteiger partial charge in [0.2, 0.25) is 5.91 Å². The molecule has 2 aromatic carbocycles. The molecule has 0 spiro atoms. The predicted octanol–water partition coefficient (Wildman–Crippen LogP) is 3.07. The molecule has 1 aliphatic heterocycles. The van der Waals surface area contributed by atoms with E-state index >= 15 is 0 Å². The van der Waals surface area contributed by atoms with Crippen LogP contribution >= 0.6 is 0 Å². The second-order valence-corrected chi connectivity index (χ2v) is 7.51. The predicted molar refractivity (Wildman–Crippen MR) is 117 cm³/mol. The van der Waals surface area contributed by atoms with Gasteiger partial charge in [0.15, 0.2) is 6.61 Å². The molecule has 30 heavy (non-hydrogen) atoms. The van der Waals surface area contributed by atoms with Crippen LogP contribution in [0, 0.1) is 5.92 Å². The van der Waals surface area contributed by atoms with Gasteiger partial charge >= 0.3 is 0 Å². The second kappa shape index (κ2) is 10.5. The van der Waals surface area contributed by atoms with E-state index in [0.717, 1.165) is 19.0 Å². The summed E-state index contributed by atoms with van der Waals surface area (Å²) in [5.74, 6) is 1.40. The molecule has 2 aromatic rings. The summed E-state index contributed by atoms with van der Waals surface area (Å²) in [6, 6.07) is 14.7. The van der Waals surface area contributed by atoms with E-state index in [1.54, 1.807) is 31.4 Å². The average molecular weight is 412 g/mol. The smallest absolute Gasteiger partial charge is 0.258 e. The highest BCUT2D eigenvalue weighted by molar-refractivity contribution is 5.94. The number of ether oxygens (including phenoxy) is 2. The lowest BCUT2D eigenvalue weighted by Gasteiger charge is -2.32. The fraction of sp³-hybridized carbons (Fsp3) is 0.391. The minimum absolute atomic E-state index is 0.115. The average Bonchev–Trinajstić information content (AvgIpc) is 2.78. The number of hydrogen-bond donors (Lipinski definition) is 2. The monoisotopic (exact) mass is 411 g/mol. The molecule has 3 rings (SSSR count). The number of piperidine rings is 1. The quantitative estimate of drug-likeness (QED) is 0.698. The van der Waals surface area contributed by atoms with Crippen LogP contribution in [0.25, 0.3) is 0 Å². The van der Waals surface area contributed by atoms with Gasteiger partial charge in [0.1, 0.15) is 11.5 Å². The van der Waals surface area contributed by atoms with E-state index in [1.807, 2.05) is 24.3 Å². The second-order valence-electron chi connectivity index (χ2n) is 7.51. The Morgan fingerprint density at radius 1 is 0.967 bits per heavy atom. The molecule has 0 atom stereocenters. The summed E-state index contributed by atoms with van der Waals surface area (Å²) in [4.78, 5) is 26.4. The number of carbonyl (C=O) groups excluding carboxylic acids is 2. The minimum Gasteiger partial charge on any atom is -0.497 e. The first-order valence-electron chi connectivity index (χ1n) is 10.2. The van der Waals surface area contributed by atoms with Crippen molar-refractivity contribution in [2.75, 3.05) is 43.6 Å². The number of carbonyl (C=O) groups is 2. The van der Waals surface area contributed by atoms with Crippen LogP contribution in [0.1, 0.15) is 19.8 Å². The van der Waals surface area contributed by atoms with Gasteiger partial charge in [-0.2, -0.15) is 0 Å². The molecule has 160 valence electrons. The third kappa shape index (κ3) is 6.40. The standard InChI is InChI=1S/C23H29N3O4/c1-17-11-13-26(14-12-17)19-5-3-18(4-6-19)25-22(27)15-24-23(28)16-30-21-9-7-20(29-2)8-10-21/h3-10,17H,11-16H2,1-2H3,(H,24,28)(H,25,27). The summed E-state index contributed by atoms with van der Waals surface area (Å²) in [6.45, 7) is 4.15. The van der Waals surface area contributed by atoms with E-state index in [1.165, 1.54) is 18.5 Å². The van der Waals surface area contributed by atoms with Crippen LogP contribution in [0.15, 0.2) is 48.5 Å². The zero-order valence-corrected chi connectivity index (χ0v) is 17.5. The Hall–Kier alpha value is -3.22. The molecule has 0 aromatic heterocycles. The molecule has 0 saturated carbocycles. The van der Waals surface area contributed by atoms with Crippen molar-refractivity contribution in [2.24, 2.45) is 5.92 Å². The summed E-state index contributed by atoms with van der Waals surface area (Å²) < 4.78 is 10.5. The van der Waals surface area contributed by atoms with Crippen molar-refractivity contribution < 1.29 is 19.1 Å². The van der Waals surface area contributed by atoms with Crippen molar-refractivity contribution >= 4 is 23.2 Å². The van der Waals surface area contributed by atoms with Crippen molar-refractivity contribution in [3.63, 3.8) is 0 Å². The summed E-state index contributed by atoms with van der Waals surface area (Å²) in [5, 5.41) is 5.35. The summed E-state index contributed by atoms with van der Waals surface area (Å²) in [5.41, 5.74) is 1.88. The minimum atomic E-state index is -0.365. The maximum Gasteiger partial charge on any atom is 0.258 e. The van der Waals surface area contributed by atoms with Crippen molar-refractivity contribution in [3.8, 4) is 11.5 Å². The molecule has 2 amide bonds. The number of methoxy groups -OCH3 is 1.